The van der Waals surface area contributed by atoms with Crippen LogP contribution in [0, 0.1) is 17.2 Å². The molecule has 0 bridgehead atoms. The summed E-state index contributed by atoms with van der Waals surface area (Å²) in [7, 11) is 0. The molecule has 25 heavy (non-hydrogen) atoms. The van der Waals surface area contributed by atoms with Gasteiger partial charge in [0, 0.05) is 6.54 Å². The number of para-hydroxylation sites is 1. The van der Waals surface area contributed by atoms with E-state index in [0.717, 1.165) is 19.3 Å². The second kappa shape index (κ2) is 6.43. The van der Waals surface area contributed by atoms with Crippen molar-refractivity contribution < 1.29 is 14.0 Å². The van der Waals surface area contributed by atoms with E-state index in [2.05, 4.69) is 15.6 Å². The average Bonchev–Trinajstić information content (AvgIpc) is 2.95. The minimum Gasteiger partial charge on any atom is -0.408 e. The standard InChI is InChI=1S/C17H18N4O4/c1-10(8-18)14(22)21-17(6-3-7-17)9-19-15(23)11-4-2-5-12-13(11)20-16(24)25-12/h2,4-5,10H,3,6-7,9H2,1H3,(H,19,23)(H,20,24)(H,21,22). The van der Waals surface area contributed by atoms with Crippen molar-refractivity contribution in [2.75, 3.05) is 6.54 Å². The van der Waals surface area contributed by atoms with Crippen LogP contribution in [0.4, 0.5) is 0 Å². The van der Waals surface area contributed by atoms with Gasteiger partial charge in [-0.3, -0.25) is 14.6 Å². The van der Waals surface area contributed by atoms with E-state index < -0.39 is 17.2 Å². The molecule has 0 aliphatic heterocycles. The van der Waals surface area contributed by atoms with Crippen LogP contribution >= 0.6 is 0 Å². The lowest BCUT2D eigenvalue weighted by Crippen LogP contribution is -2.60. The minimum atomic E-state index is -0.738. The molecular formula is C17H18N4O4. The number of carbonyl (C=O) groups is 2. The summed E-state index contributed by atoms with van der Waals surface area (Å²) >= 11 is 0. The first kappa shape index (κ1) is 16.8. The van der Waals surface area contributed by atoms with Gasteiger partial charge in [0.05, 0.1) is 22.7 Å². The number of hydrogen-bond acceptors (Lipinski definition) is 5. The Morgan fingerprint density at radius 2 is 2.20 bits per heavy atom. The molecule has 1 aromatic carbocycles. The molecule has 8 nitrogen and oxygen atoms in total. The number of nitrogens with one attached hydrogen (secondary N) is 3. The molecule has 0 spiro atoms. The average molecular weight is 342 g/mol. The third-order valence-corrected chi connectivity index (χ3v) is 4.57. The van der Waals surface area contributed by atoms with Crippen LogP contribution in [0.3, 0.4) is 0 Å². The summed E-state index contributed by atoms with van der Waals surface area (Å²) in [5.41, 5.74) is 0.437. The van der Waals surface area contributed by atoms with Crippen molar-refractivity contribution >= 4 is 22.9 Å². The number of nitriles is 1. The van der Waals surface area contributed by atoms with Gasteiger partial charge in [0.15, 0.2) is 5.58 Å². The van der Waals surface area contributed by atoms with Crippen LogP contribution in [0.25, 0.3) is 11.1 Å². The van der Waals surface area contributed by atoms with Gasteiger partial charge in [0.25, 0.3) is 5.91 Å². The highest BCUT2D eigenvalue weighted by molar-refractivity contribution is 6.04. The molecule has 1 unspecified atom stereocenters. The van der Waals surface area contributed by atoms with Crippen molar-refractivity contribution in [1.82, 2.24) is 15.6 Å². The van der Waals surface area contributed by atoms with E-state index in [-0.39, 0.29) is 18.4 Å². The molecule has 1 fully saturated rings. The number of fused-ring (bicyclic) bond motifs is 1. The Kier molecular flexibility index (Phi) is 4.31. The highest BCUT2D eigenvalue weighted by Crippen LogP contribution is 2.31. The van der Waals surface area contributed by atoms with Crippen molar-refractivity contribution in [3.05, 3.63) is 34.3 Å². The van der Waals surface area contributed by atoms with Crippen LogP contribution in [0.2, 0.25) is 0 Å². The summed E-state index contributed by atoms with van der Waals surface area (Å²) in [5, 5.41) is 14.5. The molecular weight excluding hydrogens is 324 g/mol. The lowest BCUT2D eigenvalue weighted by molar-refractivity contribution is -0.126. The van der Waals surface area contributed by atoms with Crippen molar-refractivity contribution in [3.8, 4) is 6.07 Å². The number of nitrogens with zero attached hydrogens (tertiary/aromatic N) is 1. The first-order valence-electron chi connectivity index (χ1n) is 8.06. The Bertz CT molecular complexity index is 917. The minimum absolute atomic E-state index is 0.258. The number of carbonyl (C=O) groups excluding carboxylic acids is 2. The van der Waals surface area contributed by atoms with Gasteiger partial charge in [-0.25, -0.2) is 4.79 Å². The van der Waals surface area contributed by atoms with Gasteiger partial charge in [-0.2, -0.15) is 5.26 Å². The molecule has 8 heteroatoms. The second-order valence-corrected chi connectivity index (χ2v) is 6.35. The quantitative estimate of drug-likeness (QED) is 0.748. The molecule has 0 saturated heterocycles. The summed E-state index contributed by atoms with van der Waals surface area (Å²) in [6.07, 6.45) is 2.43. The highest BCUT2D eigenvalue weighted by atomic mass is 16.4. The third-order valence-electron chi connectivity index (χ3n) is 4.57. The lowest BCUT2D eigenvalue weighted by atomic mass is 9.76. The van der Waals surface area contributed by atoms with E-state index >= 15 is 0 Å². The fraction of sp³-hybridized carbons (Fsp3) is 0.412. The molecule has 3 rings (SSSR count). The van der Waals surface area contributed by atoms with E-state index in [1.54, 1.807) is 18.2 Å². The van der Waals surface area contributed by atoms with Gasteiger partial charge in [0.2, 0.25) is 5.91 Å². The number of rotatable bonds is 5. The molecule has 1 aromatic heterocycles. The zero-order valence-corrected chi connectivity index (χ0v) is 13.7. The molecule has 1 saturated carbocycles. The molecule has 1 heterocycles. The van der Waals surface area contributed by atoms with Gasteiger partial charge in [-0.1, -0.05) is 6.07 Å². The van der Waals surface area contributed by atoms with Crippen molar-refractivity contribution in [2.45, 2.75) is 31.7 Å². The molecule has 1 aliphatic carbocycles. The summed E-state index contributed by atoms with van der Waals surface area (Å²) < 4.78 is 4.95. The summed E-state index contributed by atoms with van der Waals surface area (Å²) in [6, 6.07) is 6.72. The first-order chi connectivity index (χ1) is 11.9. The third kappa shape index (κ3) is 3.26. The van der Waals surface area contributed by atoms with Gasteiger partial charge < -0.3 is 15.1 Å². The highest BCUT2D eigenvalue weighted by Gasteiger charge is 2.39. The largest absolute Gasteiger partial charge is 0.417 e. The topological polar surface area (TPSA) is 128 Å². The van der Waals surface area contributed by atoms with E-state index in [0.29, 0.717) is 16.7 Å². The Hall–Kier alpha value is -3.08. The summed E-state index contributed by atoms with van der Waals surface area (Å²) in [5.74, 6) is -2.06. The van der Waals surface area contributed by atoms with E-state index in [1.165, 1.54) is 6.92 Å². The Labute approximate surface area is 143 Å². The monoisotopic (exact) mass is 342 g/mol. The first-order valence-corrected chi connectivity index (χ1v) is 8.06. The number of oxazole rings is 1. The number of benzene rings is 1. The molecule has 1 aliphatic rings. The fourth-order valence-electron chi connectivity index (χ4n) is 2.88. The molecule has 0 radical (unpaired) electrons. The number of amides is 2. The maximum atomic E-state index is 12.5. The zero-order chi connectivity index (χ0) is 18.0. The van der Waals surface area contributed by atoms with E-state index in [9.17, 15) is 14.4 Å². The van der Waals surface area contributed by atoms with Crippen LogP contribution < -0.4 is 16.4 Å². The van der Waals surface area contributed by atoms with Gasteiger partial charge in [0.1, 0.15) is 5.92 Å². The van der Waals surface area contributed by atoms with Crippen LogP contribution in [0.5, 0.6) is 0 Å². The van der Waals surface area contributed by atoms with Crippen LogP contribution in [-0.4, -0.2) is 28.9 Å². The predicted molar refractivity (Wildman–Crippen MR) is 88.7 cm³/mol. The Balaban J connectivity index is 1.71. The van der Waals surface area contributed by atoms with Crippen molar-refractivity contribution in [2.24, 2.45) is 5.92 Å². The Morgan fingerprint density at radius 1 is 1.44 bits per heavy atom. The van der Waals surface area contributed by atoms with Crippen molar-refractivity contribution in [3.63, 3.8) is 0 Å². The van der Waals surface area contributed by atoms with E-state index in [4.69, 9.17) is 9.68 Å². The zero-order valence-electron chi connectivity index (χ0n) is 13.7. The Morgan fingerprint density at radius 3 is 2.84 bits per heavy atom. The molecule has 2 aromatic rings. The van der Waals surface area contributed by atoms with Gasteiger partial charge in [-0.15, -0.1) is 0 Å². The lowest BCUT2D eigenvalue weighted by Gasteiger charge is -2.43. The molecule has 2 amide bonds. The molecule has 1 atom stereocenters. The van der Waals surface area contributed by atoms with Gasteiger partial charge in [-0.05, 0) is 38.3 Å². The maximum absolute atomic E-state index is 12.5. The molecule has 130 valence electrons. The normalized spacial score (nSPS) is 16.5. The number of H-pyrrole nitrogens is 1. The number of hydrogen-bond donors (Lipinski definition) is 3. The number of aromatic nitrogens is 1. The molecule has 3 N–H and O–H groups in total. The second-order valence-electron chi connectivity index (χ2n) is 6.35. The SMILES string of the molecule is CC(C#N)C(=O)NC1(CNC(=O)c2cccc3oc(=O)[nH]c23)CCC1. The van der Waals surface area contributed by atoms with Crippen LogP contribution in [0.1, 0.15) is 36.5 Å². The van der Waals surface area contributed by atoms with E-state index in [1.807, 2.05) is 6.07 Å². The number of aromatic amines is 1. The smallest absolute Gasteiger partial charge is 0.408 e. The fourth-order valence-corrected chi connectivity index (χ4v) is 2.88. The summed E-state index contributed by atoms with van der Waals surface area (Å²) in [6.45, 7) is 1.80. The van der Waals surface area contributed by atoms with Crippen LogP contribution in [0.15, 0.2) is 27.4 Å². The van der Waals surface area contributed by atoms with Gasteiger partial charge >= 0.3 is 5.76 Å². The van der Waals surface area contributed by atoms with Crippen LogP contribution in [-0.2, 0) is 4.79 Å². The maximum Gasteiger partial charge on any atom is 0.417 e. The van der Waals surface area contributed by atoms with Crippen molar-refractivity contribution in [1.29, 1.82) is 5.26 Å². The summed E-state index contributed by atoms with van der Waals surface area (Å²) in [4.78, 5) is 38.3. The predicted octanol–water partition coefficient (Wildman–Crippen LogP) is 1.05.